The lowest BCUT2D eigenvalue weighted by Crippen LogP contribution is -2.16. The van der Waals surface area contributed by atoms with Crippen LogP contribution in [0.15, 0.2) is 18.3 Å². The van der Waals surface area contributed by atoms with Crippen molar-refractivity contribution in [2.75, 3.05) is 5.32 Å². The third-order valence-corrected chi connectivity index (χ3v) is 3.31. The number of thiophene rings is 1. The zero-order valence-corrected chi connectivity index (χ0v) is 10.8. The molecule has 0 spiro atoms. The van der Waals surface area contributed by atoms with Crippen LogP contribution in [0.2, 0.25) is 0 Å². The van der Waals surface area contributed by atoms with Crippen molar-refractivity contribution in [2.45, 2.75) is 19.5 Å². The molecule has 0 aliphatic heterocycles. The van der Waals surface area contributed by atoms with Gasteiger partial charge in [-0.05, 0) is 12.1 Å². The van der Waals surface area contributed by atoms with Crippen LogP contribution in [0.1, 0.15) is 15.4 Å². The van der Waals surface area contributed by atoms with Crippen LogP contribution in [0, 0.1) is 5.13 Å². The van der Waals surface area contributed by atoms with E-state index in [-0.39, 0.29) is 23.1 Å². The highest BCUT2D eigenvalue weighted by atomic mass is 32.1. The predicted octanol–water partition coefficient (Wildman–Crippen LogP) is 2.66. The topological polar surface area (TPSA) is 67.2 Å². The smallest absolute Gasteiger partial charge is 0.356 e. The minimum Gasteiger partial charge on any atom is -0.476 e. The van der Waals surface area contributed by atoms with Crippen molar-refractivity contribution in [3.05, 3.63) is 34.0 Å². The van der Waals surface area contributed by atoms with Crippen molar-refractivity contribution in [3.8, 4) is 0 Å². The van der Waals surface area contributed by atoms with Gasteiger partial charge < -0.3 is 10.4 Å². The molecule has 0 saturated carbocycles. The first-order valence-corrected chi connectivity index (χ1v) is 6.34. The normalized spacial score (nSPS) is 11.0. The zero-order valence-electron chi connectivity index (χ0n) is 10.0. The Hall–Kier alpha value is -2.03. The number of nitrogens with one attached hydrogen (secondary N) is 1. The van der Waals surface area contributed by atoms with E-state index < -0.39 is 18.9 Å². The van der Waals surface area contributed by atoms with Gasteiger partial charge in [-0.1, -0.05) is 0 Å². The summed E-state index contributed by atoms with van der Waals surface area (Å²) in [5.41, 5.74) is -0.228. The number of alkyl halides is 2. The number of aromatic nitrogens is 2. The lowest BCUT2D eigenvalue weighted by atomic mass is 10.3. The van der Waals surface area contributed by atoms with Gasteiger partial charge in [0.05, 0.1) is 11.9 Å². The lowest BCUT2D eigenvalue weighted by molar-refractivity contribution is 0.0672. The van der Waals surface area contributed by atoms with Gasteiger partial charge in [-0.2, -0.15) is 9.49 Å². The van der Waals surface area contributed by atoms with E-state index in [2.05, 4.69) is 10.4 Å². The maximum absolute atomic E-state index is 12.8. The Balaban J connectivity index is 2.14. The highest BCUT2D eigenvalue weighted by Crippen LogP contribution is 2.20. The van der Waals surface area contributed by atoms with Gasteiger partial charge in [0.1, 0.15) is 6.54 Å². The molecule has 0 amide bonds. The predicted molar refractivity (Wildman–Crippen MR) is 66.8 cm³/mol. The Kier molecular flexibility index (Phi) is 4.28. The Bertz CT molecular complexity index is 612. The summed E-state index contributed by atoms with van der Waals surface area (Å²) in [5, 5.41) is 15.1. The number of rotatable bonds is 6. The molecule has 0 aliphatic carbocycles. The molecule has 2 aromatic heterocycles. The number of hydrogen-bond acceptors (Lipinski definition) is 4. The largest absolute Gasteiger partial charge is 0.476 e. The van der Waals surface area contributed by atoms with Crippen molar-refractivity contribution in [3.63, 3.8) is 0 Å². The van der Waals surface area contributed by atoms with E-state index in [9.17, 15) is 18.0 Å². The van der Waals surface area contributed by atoms with Crippen molar-refractivity contribution >= 4 is 23.0 Å². The summed E-state index contributed by atoms with van der Waals surface area (Å²) >= 11 is 0.915. The van der Waals surface area contributed by atoms with Gasteiger partial charge in [-0.3, -0.25) is 4.68 Å². The Morgan fingerprint density at radius 1 is 1.50 bits per heavy atom. The summed E-state index contributed by atoms with van der Waals surface area (Å²) in [5.74, 6) is -1.36. The van der Waals surface area contributed by atoms with Gasteiger partial charge in [0.25, 0.3) is 6.43 Å². The van der Waals surface area contributed by atoms with Gasteiger partial charge >= 0.3 is 5.97 Å². The molecule has 5 nitrogen and oxygen atoms in total. The number of halogens is 3. The molecule has 2 heterocycles. The fourth-order valence-electron chi connectivity index (χ4n) is 1.64. The van der Waals surface area contributed by atoms with Crippen LogP contribution in [-0.2, 0) is 13.1 Å². The molecule has 108 valence electrons. The molecular weight excluding hydrogens is 295 g/mol. The average Bonchev–Trinajstić information content (AvgIpc) is 2.92. The van der Waals surface area contributed by atoms with E-state index in [0.717, 1.165) is 22.2 Å². The number of hydrogen-bond donors (Lipinski definition) is 2. The third kappa shape index (κ3) is 3.29. The summed E-state index contributed by atoms with van der Waals surface area (Å²) in [7, 11) is 0. The fourth-order valence-corrected chi connectivity index (χ4v) is 2.31. The Labute approximate surface area is 115 Å². The van der Waals surface area contributed by atoms with E-state index in [1.807, 2.05) is 0 Å². The maximum atomic E-state index is 12.8. The van der Waals surface area contributed by atoms with Crippen LogP contribution in [0.4, 0.5) is 18.9 Å². The molecule has 0 fully saturated rings. The molecule has 2 rings (SSSR count). The molecule has 20 heavy (non-hydrogen) atoms. The van der Waals surface area contributed by atoms with E-state index in [4.69, 9.17) is 5.11 Å². The first-order chi connectivity index (χ1) is 9.47. The number of carbonyl (C=O) groups is 1. The van der Waals surface area contributed by atoms with Crippen LogP contribution < -0.4 is 5.32 Å². The van der Waals surface area contributed by atoms with Gasteiger partial charge in [-0.25, -0.2) is 13.6 Å². The van der Waals surface area contributed by atoms with E-state index in [1.54, 1.807) is 6.07 Å². The minimum atomic E-state index is -2.70. The van der Waals surface area contributed by atoms with Crippen LogP contribution in [0.25, 0.3) is 0 Å². The molecule has 9 heteroatoms. The van der Waals surface area contributed by atoms with Gasteiger partial charge in [-0.15, -0.1) is 11.3 Å². The summed E-state index contributed by atoms with van der Waals surface area (Å²) in [6.45, 7) is -0.605. The monoisotopic (exact) mass is 305 g/mol. The molecule has 0 aliphatic rings. The van der Waals surface area contributed by atoms with Crippen molar-refractivity contribution in [2.24, 2.45) is 0 Å². The fraction of sp³-hybridized carbons (Fsp3) is 0.273. The standard InChI is InChI=1S/C11H10F3N3O2S/c12-8(13)5-17-10(11(18)19)7(4-16-17)15-3-6-1-2-9(14)20-6/h1-2,4,8,15H,3,5H2,(H,18,19). The summed E-state index contributed by atoms with van der Waals surface area (Å²) < 4.78 is 38.2. The second-order valence-corrected chi connectivity index (χ2v) is 4.96. The van der Waals surface area contributed by atoms with Gasteiger partial charge in [0, 0.05) is 11.4 Å². The highest BCUT2D eigenvalue weighted by Gasteiger charge is 2.20. The Morgan fingerprint density at radius 3 is 2.80 bits per heavy atom. The number of carboxylic acid groups (broad SMARTS) is 1. The lowest BCUT2D eigenvalue weighted by Gasteiger charge is -2.06. The molecule has 0 saturated heterocycles. The quantitative estimate of drug-likeness (QED) is 0.861. The molecule has 0 atom stereocenters. The van der Waals surface area contributed by atoms with Crippen LogP contribution in [-0.4, -0.2) is 27.3 Å². The number of aromatic carboxylic acids is 1. The van der Waals surface area contributed by atoms with E-state index >= 15 is 0 Å². The average molecular weight is 305 g/mol. The first kappa shape index (κ1) is 14.4. The molecule has 2 N–H and O–H groups in total. The molecule has 0 aromatic carbocycles. The number of carboxylic acids is 1. The Morgan fingerprint density at radius 2 is 2.25 bits per heavy atom. The van der Waals surface area contributed by atoms with Gasteiger partial charge in [0.2, 0.25) is 0 Å². The molecule has 2 aromatic rings. The van der Waals surface area contributed by atoms with Gasteiger partial charge in [0.15, 0.2) is 10.8 Å². The highest BCUT2D eigenvalue weighted by molar-refractivity contribution is 7.10. The molecule has 0 radical (unpaired) electrons. The second kappa shape index (κ2) is 5.95. The minimum absolute atomic E-state index is 0.118. The zero-order chi connectivity index (χ0) is 14.7. The summed E-state index contributed by atoms with van der Waals surface area (Å²) in [6, 6.07) is 2.84. The molecule has 0 unspecified atom stereocenters. The van der Waals surface area contributed by atoms with Crippen molar-refractivity contribution in [1.29, 1.82) is 0 Å². The summed E-state index contributed by atoms with van der Waals surface area (Å²) in [4.78, 5) is 11.8. The van der Waals surface area contributed by atoms with E-state index in [1.165, 1.54) is 6.07 Å². The number of anilines is 1. The van der Waals surface area contributed by atoms with Crippen molar-refractivity contribution < 1.29 is 23.1 Å². The first-order valence-electron chi connectivity index (χ1n) is 5.52. The second-order valence-electron chi connectivity index (χ2n) is 3.84. The SMILES string of the molecule is O=C(O)c1c(NCc2ccc(F)s2)cnn1CC(F)F. The van der Waals surface area contributed by atoms with Crippen molar-refractivity contribution in [1.82, 2.24) is 9.78 Å². The third-order valence-electron chi connectivity index (χ3n) is 2.43. The maximum Gasteiger partial charge on any atom is 0.356 e. The number of nitrogens with zero attached hydrogens (tertiary/aromatic N) is 2. The van der Waals surface area contributed by atoms with Crippen LogP contribution >= 0.6 is 11.3 Å². The van der Waals surface area contributed by atoms with Crippen LogP contribution in [0.5, 0.6) is 0 Å². The van der Waals surface area contributed by atoms with E-state index in [0.29, 0.717) is 4.88 Å². The van der Waals surface area contributed by atoms with Crippen LogP contribution in [0.3, 0.4) is 0 Å². The molecular formula is C11H10F3N3O2S. The molecule has 0 bridgehead atoms. The summed E-state index contributed by atoms with van der Waals surface area (Å²) in [6.07, 6.45) is -1.54.